The third kappa shape index (κ3) is 6.42. The summed E-state index contributed by atoms with van der Waals surface area (Å²) in [7, 11) is 0. The van der Waals surface area contributed by atoms with Crippen molar-refractivity contribution in [1.29, 1.82) is 0 Å². The molecule has 0 saturated heterocycles. The summed E-state index contributed by atoms with van der Waals surface area (Å²) in [6.45, 7) is 7.59. The van der Waals surface area contributed by atoms with E-state index in [1.54, 1.807) is 24.0 Å². The first-order chi connectivity index (χ1) is 13.5. The zero-order valence-electron chi connectivity index (χ0n) is 16.8. The van der Waals surface area contributed by atoms with E-state index in [2.05, 4.69) is 15.6 Å². The molecular weight excluding hydrogens is 356 g/mol. The highest BCUT2D eigenvalue weighted by atomic mass is 16.4. The standard InChI is InChI=1S/C21H30N4O3/c1-4-22-20(24-16-21(3,27)18-12-9-13-28-18)23-14-19(26)25(5-2)15-17-10-7-6-8-11-17/h6-13,27H,4-5,14-16H2,1-3H3,(H2,22,23,24). The van der Waals surface area contributed by atoms with Gasteiger partial charge in [-0.1, -0.05) is 30.3 Å². The third-order valence-corrected chi connectivity index (χ3v) is 4.32. The average molecular weight is 386 g/mol. The SMILES string of the molecule is CCNC(=NCC(=O)N(CC)Cc1ccccc1)NCC(C)(O)c1ccco1. The Balaban J connectivity index is 1.95. The van der Waals surface area contributed by atoms with Crippen LogP contribution in [-0.2, 0) is 16.9 Å². The van der Waals surface area contributed by atoms with Gasteiger partial charge in [0.15, 0.2) is 5.96 Å². The molecule has 1 aromatic heterocycles. The largest absolute Gasteiger partial charge is 0.466 e. The van der Waals surface area contributed by atoms with E-state index in [-0.39, 0.29) is 19.0 Å². The van der Waals surface area contributed by atoms with E-state index in [1.807, 2.05) is 44.2 Å². The van der Waals surface area contributed by atoms with Crippen molar-refractivity contribution in [2.24, 2.45) is 4.99 Å². The van der Waals surface area contributed by atoms with Crippen LogP contribution >= 0.6 is 0 Å². The van der Waals surface area contributed by atoms with Crippen molar-refractivity contribution in [3.63, 3.8) is 0 Å². The number of hydrogen-bond donors (Lipinski definition) is 3. The molecule has 2 aromatic rings. The molecule has 1 amide bonds. The number of carbonyl (C=O) groups is 1. The first-order valence-corrected chi connectivity index (χ1v) is 9.56. The molecule has 1 atom stereocenters. The number of carbonyl (C=O) groups excluding carboxylic acids is 1. The molecule has 0 radical (unpaired) electrons. The second-order valence-electron chi connectivity index (χ2n) is 6.69. The van der Waals surface area contributed by atoms with Gasteiger partial charge in [-0.2, -0.15) is 0 Å². The Morgan fingerprint density at radius 2 is 1.93 bits per heavy atom. The summed E-state index contributed by atoms with van der Waals surface area (Å²) in [6, 6.07) is 13.3. The molecule has 28 heavy (non-hydrogen) atoms. The predicted octanol–water partition coefficient (Wildman–Crippen LogP) is 2.09. The monoisotopic (exact) mass is 386 g/mol. The number of hydrogen-bond acceptors (Lipinski definition) is 4. The molecule has 0 aliphatic carbocycles. The topological polar surface area (TPSA) is 90.1 Å². The van der Waals surface area contributed by atoms with Crippen LogP contribution in [0.4, 0.5) is 0 Å². The Hall–Kier alpha value is -2.80. The summed E-state index contributed by atoms with van der Waals surface area (Å²) >= 11 is 0. The maximum atomic E-state index is 12.6. The summed E-state index contributed by atoms with van der Waals surface area (Å²) in [5.41, 5.74) is -0.104. The van der Waals surface area contributed by atoms with Crippen molar-refractivity contribution >= 4 is 11.9 Å². The number of rotatable bonds is 9. The lowest BCUT2D eigenvalue weighted by Crippen LogP contribution is -2.45. The number of guanidine groups is 1. The predicted molar refractivity (Wildman–Crippen MR) is 110 cm³/mol. The van der Waals surface area contributed by atoms with Gasteiger partial charge >= 0.3 is 0 Å². The van der Waals surface area contributed by atoms with E-state index in [0.717, 1.165) is 5.56 Å². The van der Waals surface area contributed by atoms with Crippen molar-refractivity contribution in [1.82, 2.24) is 15.5 Å². The van der Waals surface area contributed by atoms with Gasteiger partial charge in [-0.3, -0.25) is 4.79 Å². The van der Waals surface area contributed by atoms with E-state index in [4.69, 9.17) is 4.42 Å². The second kappa shape index (κ2) is 10.5. The van der Waals surface area contributed by atoms with Gasteiger partial charge in [0.1, 0.15) is 17.9 Å². The van der Waals surface area contributed by atoms with Gasteiger partial charge in [-0.05, 0) is 38.5 Å². The number of benzene rings is 1. The van der Waals surface area contributed by atoms with E-state index < -0.39 is 5.60 Å². The van der Waals surface area contributed by atoms with Crippen LogP contribution in [0.25, 0.3) is 0 Å². The Labute approximate surface area is 166 Å². The third-order valence-electron chi connectivity index (χ3n) is 4.32. The summed E-state index contributed by atoms with van der Waals surface area (Å²) in [5.74, 6) is 0.881. The smallest absolute Gasteiger partial charge is 0.244 e. The van der Waals surface area contributed by atoms with Crippen LogP contribution in [-0.4, -0.2) is 48.1 Å². The highest BCUT2D eigenvalue weighted by Crippen LogP contribution is 2.19. The Kier molecular flexibility index (Phi) is 8.07. The molecule has 0 fully saturated rings. The van der Waals surface area contributed by atoms with Crippen LogP contribution in [0.3, 0.4) is 0 Å². The maximum Gasteiger partial charge on any atom is 0.244 e. The number of furan rings is 1. The van der Waals surface area contributed by atoms with Crippen molar-refractivity contribution in [3.8, 4) is 0 Å². The van der Waals surface area contributed by atoms with Crippen LogP contribution < -0.4 is 10.6 Å². The Morgan fingerprint density at radius 3 is 2.54 bits per heavy atom. The number of nitrogens with zero attached hydrogens (tertiary/aromatic N) is 2. The van der Waals surface area contributed by atoms with Crippen LogP contribution in [0, 0.1) is 0 Å². The number of nitrogens with one attached hydrogen (secondary N) is 2. The van der Waals surface area contributed by atoms with E-state index >= 15 is 0 Å². The molecule has 1 aromatic carbocycles. The molecule has 152 valence electrons. The zero-order chi connectivity index (χ0) is 20.4. The second-order valence-corrected chi connectivity index (χ2v) is 6.69. The minimum Gasteiger partial charge on any atom is -0.466 e. The van der Waals surface area contributed by atoms with Gasteiger partial charge in [-0.15, -0.1) is 0 Å². The first kappa shape index (κ1) is 21.5. The Bertz CT molecular complexity index is 742. The molecule has 3 N–H and O–H groups in total. The lowest BCUT2D eigenvalue weighted by atomic mass is 10.0. The van der Waals surface area contributed by atoms with E-state index in [1.165, 1.54) is 6.26 Å². The molecule has 2 rings (SSSR count). The lowest BCUT2D eigenvalue weighted by Gasteiger charge is -2.23. The fourth-order valence-corrected chi connectivity index (χ4v) is 2.70. The molecule has 0 spiro atoms. The van der Waals surface area contributed by atoms with Crippen LogP contribution in [0.1, 0.15) is 32.1 Å². The number of aliphatic imine (C=N–C) groups is 1. The van der Waals surface area contributed by atoms with Crippen molar-refractivity contribution in [2.75, 3.05) is 26.2 Å². The molecule has 0 aliphatic rings. The fraction of sp³-hybridized carbons (Fsp3) is 0.429. The van der Waals surface area contributed by atoms with E-state index in [0.29, 0.717) is 31.4 Å². The summed E-state index contributed by atoms with van der Waals surface area (Å²) in [4.78, 5) is 18.7. The summed E-state index contributed by atoms with van der Waals surface area (Å²) in [5, 5.41) is 16.7. The molecule has 7 heteroatoms. The summed E-state index contributed by atoms with van der Waals surface area (Å²) in [6.07, 6.45) is 1.52. The first-order valence-electron chi connectivity index (χ1n) is 9.56. The zero-order valence-corrected chi connectivity index (χ0v) is 16.8. The van der Waals surface area contributed by atoms with Gasteiger partial charge in [0, 0.05) is 19.6 Å². The highest BCUT2D eigenvalue weighted by Gasteiger charge is 2.26. The average Bonchev–Trinajstić information content (AvgIpc) is 3.24. The van der Waals surface area contributed by atoms with Gasteiger partial charge < -0.3 is 25.1 Å². The molecule has 0 saturated carbocycles. The van der Waals surface area contributed by atoms with E-state index in [9.17, 15) is 9.90 Å². The number of aliphatic hydroxyl groups is 1. The molecule has 1 heterocycles. The Morgan fingerprint density at radius 1 is 1.18 bits per heavy atom. The van der Waals surface area contributed by atoms with Crippen LogP contribution in [0.5, 0.6) is 0 Å². The normalized spacial score (nSPS) is 13.6. The highest BCUT2D eigenvalue weighted by molar-refractivity contribution is 5.85. The molecule has 7 nitrogen and oxygen atoms in total. The molecule has 1 unspecified atom stereocenters. The van der Waals surface area contributed by atoms with Gasteiger partial charge in [-0.25, -0.2) is 4.99 Å². The fourth-order valence-electron chi connectivity index (χ4n) is 2.70. The summed E-state index contributed by atoms with van der Waals surface area (Å²) < 4.78 is 5.28. The van der Waals surface area contributed by atoms with Gasteiger partial charge in [0.2, 0.25) is 5.91 Å². The molecule has 0 aliphatic heterocycles. The van der Waals surface area contributed by atoms with Gasteiger partial charge in [0.25, 0.3) is 0 Å². The number of amides is 1. The minimum absolute atomic E-state index is 0.0267. The lowest BCUT2D eigenvalue weighted by molar-refractivity contribution is -0.130. The van der Waals surface area contributed by atoms with Crippen molar-refractivity contribution in [2.45, 2.75) is 32.9 Å². The maximum absolute atomic E-state index is 12.6. The minimum atomic E-state index is -1.19. The van der Waals surface area contributed by atoms with Gasteiger partial charge in [0.05, 0.1) is 12.8 Å². The van der Waals surface area contributed by atoms with Crippen molar-refractivity contribution in [3.05, 3.63) is 60.1 Å². The number of likely N-dealkylation sites (N-methyl/N-ethyl adjacent to an activating group) is 1. The molecule has 0 bridgehead atoms. The van der Waals surface area contributed by atoms with Crippen LogP contribution in [0.15, 0.2) is 58.1 Å². The van der Waals surface area contributed by atoms with Crippen LogP contribution in [0.2, 0.25) is 0 Å². The molecular formula is C21H30N4O3. The quantitative estimate of drug-likeness (QED) is 0.454. The van der Waals surface area contributed by atoms with Crippen molar-refractivity contribution < 1.29 is 14.3 Å².